The first-order valence-electron chi connectivity index (χ1n) is 10.0. The number of benzene rings is 2. The largest absolute Gasteiger partial charge is 0.507 e. The number of aryl methyl sites for hydroxylation is 2. The fourth-order valence-electron chi connectivity index (χ4n) is 3.81. The van der Waals surface area contributed by atoms with Crippen LogP contribution in [0.2, 0.25) is 0 Å². The van der Waals surface area contributed by atoms with E-state index >= 15 is 0 Å². The molecule has 1 aliphatic rings. The maximum absolute atomic E-state index is 13.0. The smallest absolute Gasteiger partial charge is 0.295 e. The molecule has 1 amide bonds. The van der Waals surface area contributed by atoms with Crippen LogP contribution in [0.25, 0.3) is 5.76 Å². The lowest BCUT2D eigenvalue weighted by Gasteiger charge is -2.25. The molecule has 6 nitrogen and oxygen atoms in total. The van der Waals surface area contributed by atoms with E-state index in [0.29, 0.717) is 25.1 Å². The lowest BCUT2D eigenvalue weighted by Crippen LogP contribution is -2.31. The second kappa shape index (κ2) is 8.89. The molecule has 31 heavy (non-hydrogen) atoms. The maximum atomic E-state index is 13.0. The quantitative estimate of drug-likeness (QED) is 0.321. The molecule has 1 fully saturated rings. The number of aromatic nitrogens is 2. The summed E-state index contributed by atoms with van der Waals surface area (Å²) in [5.41, 5.74) is 2.46. The molecule has 1 atom stereocenters. The summed E-state index contributed by atoms with van der Waals surface area (Å²) in [7, 11) is 0. The summed E-state index contributed by atoms with van der Waals surface area (Å²) in [4.78, 5) is 31.5. The molecule has 2 heterocycles. The van der Waals surface area contributed by atoms with Crippen molar-refractivity contribution in [1.29, 1.82) is 0 Å². The molecule has 0 spiro atoms. The Bertz CT molecular complexity index is 1120. The number of likely N-dealkylation sites (tertiary alicyclic amines) is 1. The topological polar surface area (TPSA) is 75.4 Å². The monoisotopic (exact) mass is 479 g/mol. The summed E-state index contributed by atoms with van der Waals surface area (Å²) < 4.78 is 2.82. The molecular formula is C24H22BrN3O3. The molecule has 1 saturated heterocycles. The number of Topliss-reactive ketones (excluding diaryl/α,β-unsaturated/α-hetero) is 1. The first kappa shape index (κ1) is 21.1. The summed E-state index contributed by atoms with van der Waals surface area (Å²) in [6.45, 7) is 3.01. The zero-order valence-electron chi connectivity index (χ0n) is 17.0. The van der Waals surface area contributed by atoms with Crippen LogP contribution in [-0.4, -0.2) is 37.8 Å². The minimum atomic E-state index is -0.659. The van der Waals surface area contributed by atoms with Gasteiger partial charge in [-0.15, -0.1) is 0 Å². The van der Waals surface area contributed by atoms with Gasteiger partial charge in [0.05, 0.1) is 17.9 Å². The Labute approximate surface area is 189 Å². The molecule has 1 N–H and O–H groups in total. The van der Waals surface area contributed by atoms with Crippen molar-refractivity contribution < 1.29 is 14.7 Å². The average Bonchev–Trinajstić information content (AvgIpc) is 3.37. The van der Waals surface area contributed by atoms with E-state index in [1.807, 2.05) is 54.1 Å². The number of rotatable bonds is 6. The van der Waals surface area contributed by atoms with Crippen LogP contribution in [-0.2, 0) is 16.1 Å². The number of imidazole rings is 1. The molecule has 158 valence electrons. The molecule has 4 rings (SSSR count). The molecule has 0 aliphatic carbocycles. The number of hydrogen-bond donors (Lipinski definition) is 1. The van der Waals surface area contributed by atoms with Gasteiger partial charge in [0, 0.05) is 35.5 Å². The van der Waals surface area contributed by atoms with Gasteiger partial charge in [-0.05, 0) is 31.0 Å². The van der Waals surface area contributed by atoms with E-state index in [9.17, 15) is 14.7 Å². The highest BCUT2D eigenvalue weighted by Gasteiger charge is 2.45. The van der Waals surface area contributed by atoms with Crippen LogP contribution >= 0.6 is 15.9 Å². The molecule has 0 bridgehead atoms. The molecule has 1 unspecified atom stereocenters. The van der Waals surface area contributed by atoms with Crippen molar-refractivity contribution >= 4 is 33.4 Å². The van der Waals surface area contributed by atoms with Crippen molar-refractivity contribution in [3.05, 3.63) is 94.0 Å². The fraction of sp³-hybridized carbons (Fsp3) is 0.208. The Morgan fingerprint density at radius 1 is 1.06 bits per heavy atom. The molecular weight excluding hydrogens is 458 g/mol. The van der Waals surface area contributed by atoms with Crippen LogP contribution in [0, 0.1) is 6.92 Å². The van der Waals surface area contributed by atoms with Gasteiger partial charge in [0.25, 0.3) is 11.7 Å². The van der Waals surface area contributed by atoms with E-state index in [1.165, 1.54) is 0 Å². The highest BCUT2D eigenvalue weighted by atomic mass is 79.9. The molecule has 1 aliphatic heterocycles. The summed E-state index contributed by atoms with van der Waals surface area (Å²) in [6.07, 6.45) is 5.94. The van der Waals surface area contributed by atoms with E-state index < -0.39 is 17.7 Å². The van der Waals surface area contributed by atoms with Crippen molar-refractivity contribution in [2.45, 2.75) is 25.9 Å². The molecule has 7 heteroatoms. The van der Waals surface area contributed by atoms with Crippen molar-refractivity contribution in [1.82, 2.24) is 14.5 Å². The number of hydrogen-bond acceptors (Lipinski definition) is 4. The summed E-state index contributed by atoms with van der Waals surface area (Å²) in [6, 6.07) is 14.1. The van der Waals surface area contributed by atoms with Crippen LogP contribution in [0.15, 0.2) is 77.3 Å². The Morgan fingerprint density at radius 2 is 1.77 bits per heavy atom. The molecule has 0 saturated carbocycles. The molecule has 0 radical (unpaired) electrons. The zero-order valence-corrected chi connectivity index (χ0v) is 18.6. The molecule has 1 aromatic heterocycles. The number of aliphatic hydroxyl groups excluding tert-OH is 1. The Morgan fingerprint density at radius 3 is 2.42 bits per heavy atom. The van der Waals surface area contributed by atoms with Crippen molar-refractivity contribution in [3.8, 4) is 0 Å². The van der Waals surface area contributed by atoms with E-state index in [4.69, 9.17) is 0 Å². The minimum Gasteiger partial charge on any atom is -0.507 e. The fourth-order valence-corrected chi connectivity index (χ4v) is 4.08. The van der Waals surface area contributed by atoms with Gasteiger partial charge in [0.1, 0.15) is 5.76 Å². The molecule has 2 aromatic carbocycles. The third-order valence-electron chi connectivity index (χ3n) is 5.43. The first-order valence-corrected chi connectivity index (χ1v) is 10.8. The number of ketones is 1. The number of amides is 1. The van der Waals surface area contributed by atoms with Crippen LogP contribution < -0.4 is 0 Å². The zero-order chi connectivity index (χ0) is 22.0. The molecule has 3 aromatic rings. The number of nitrogens with zero attached hydrogens (tertiary/aromatic N) is 3. The first-order chi connectivity index (χ1) is 15.0. The van der Waals surface area contributed by atoms with E-state index in [1.54, 1.807) is 29.6 Å². The van der Waals surface area contributed by atoms with Crippen LogP contribution in [0.3, 0.4) is 0 Å². The number of carbonyl (C=O) groups is 2. The average molecular weight is 480 g/mol. The van der Waals surface area contributed by atoms with Gasteiger partial charge < -0.3 is 14.6 Å². The van der Waals surface area contributed by atoms with Crippen LogP contribution in [0.1, 0.15) is 29.2 Å². The summed E-state index contributed by atoms with van der Waals surface area (Å²) in [5.74, 6) is -1.40. The van der Waals surface area contributed by atoms with Crippen molar-refractivity contribution in [3.63, 3.8) is 0 Å². The second-order valence-electron chi connectivity index (χ2n) is 7.56. The normalized spacial score (nSPS) is 18.0. The maximum Gasteiger partial charge on any atom is 0.295 e. The SMILES string of the molecule is Cc1ccc(C(O)=C2C(=O)C(=O)N(CCCn3ccnc3)C2c2ccc(Br)cc2)cc1. The third kappa shape index (κ3) is 4.32. The van der Waals surface area contributed by atoms with Gasteiger partial charge in [0.2, 0.25) is 0 Å². The van der Waals surface area contributed by atoms with Crippen LogP contribution in [0.4, 0.5) is 0 Å². The van der Waals surface area contributed by atoms with Crippen molar-refractivity contribution in [2.24, 2.45) is 0 Å². The third-order valence-corrected chi connectivity index (χ3v) is 5.95. The number of halogens is 1. The standard InChI is InChI=1S/C24H22BrN3O3/c1-16-3-5-18(6-4-16)22(29)20-21(17-7-9-19(25)10-8-17)28(24(31)23(20)30)13-2-12-27-14-11-26-15-27/h3-11,14-15,21,29H,2,12-13H2,1H3. The predicted octanol–water partition coefficient (Wildman–Crippen LogP) is 4.47. The van der Waals surface area contributed by atoms with E-state index in [0.717, 1.165) is 15.6 Å². The van der Waals surface area contributed by atoms with Crippen LogP contribution in [0.5, 0.6) is 0 Å². The Balaban J connectivity index is 1.72. The number of carbonyl (C=O) groups excluding carboxylic acids is 2. The Kier molecular flexibility index (Phi) is 6.04. The predicted molar refractivity (Wildman–Crippen MR) is 121 cm³/mol. The van der Waals surface area contributed by atoms with Gasteiger partial charge in [-0.1, -0.05) is 57.9 Å². The lowest BCUT2D eigenvalue weighted by atomic mass is 9.95. The Hall–Kier alpha value is -3.19. The van der Waals surface area contributed by atoms with Gasteiger partial charge in [-0.3, -0.25) is 9.59 Å². The minimum absolute atomic E-state index is 0.124. The summed E-state index contributed by atoms with van der Waals surface area (Å²) >= 11 is 3.43. The van der Waals surface area contributed by atoms with Gasteiger partial charge in [-0.2, -0.15) is 0 Å². The highest BCUT2D eigenvalue weighted by molar-refractivity contribution is 9.10. The van der Waals surface area contributed by atoms with E-state index in [2.05, 4.69) is 20.9 Å². The summed E-state index contributed by atoms with van der Waals surface area (Å²) in [5, 5.41) is 11.0. The van der Waals surface area contributed by atoms with Gasteiger partial charge in [0.15, 0.2) is 0 Å². The number of aliphatic hydroxyl groups is 1. The van der Waals surface area contributed by atoms with Crippen molar-refractivity contribution in [2.75, 3.05) is 6.54 Å². The highest BCUT2D eigenvalue weighted by Crippen LogP contribution is 2.39. The second-order valence-corrected chi connectivity index (χ2v) is 8.48. The lowest BCUT2D eigenvalue weighted by molar-refractivity contribution is -0.139. The van der Waals surface area contributed by atoms with Gasteiger partial charge >= 0.3 is 0 Å². The van der Waals surface area contributed by atoms with E-state index in [-0.39, 0.29) is 11.3 Å². The van der Waals surface area contributed by atoms with Gasteiger partial charge in [-0.25, -0.2) is 4.98 Å².